The molecule has 0 bridgehead atoms. The third kappa shape index (κ3) is 3.18. The van der Waals surface area contributed by atoms with Crippen LogP contribution in [0.3, 0.4) is 0 Å². The molecule has 1 aromatic carbocycles. The van der Waals surface area contributed by atoms with Crippen LogP contribution in [0.5, 0.6) is 0 Å². The summed E-state index contributed by atoms with van der Waals surface area (Å²) in [6.07, 6.45) is 9.43. The quantitative estimate of drug-likeness (QED) is 0.366. The van der Waals surface area contributed by atoms with Gasteiger partial charge in [-0.05, 0) is 54.9 Å². The average molecular weight is 403 g/mol. The van der Waals surface area contributed by atoms with Crippen LogP contribution in [0.4, 0.5) is 5.95 Å². The van der Waals surface area contributed by atoms with E-state index in [1.54, 1.807) is 5.57 Å². The van der Waals surface area contributed by atoms with Gasteiger partial charge >= 0.3 is 0 Å². The van der Waals surface area contributed by atoms with Gasteiger partial charge < -0.3 is 4.57 Å². The molecule has 5 rings (SSSR count). The van der Waals surface area contributed by atoms with Gasteiger partial charge in [-0.3, -0.25) is 0 Å². The number of nitrogens with zero attached hydrogens (tertiary/aromatic N) is 5. The molecule has 3 aromatic rings. The maximum Gasteiger partial charge on any atom is 0.265 e. The van der Waals surface area contributed by atoms with Crippen molar-refractivity contribution in [3.8, 4) is 0 Å². The second kappa shape index (κ2) is 7.18. The molecule has 6 heteroatoms. The zero-order chi connectivity index (χ0) is 20.9. The normalized spacial score (nSPS) is 26.1. The van der Waals surface area contributed by atoms with Crippen LogP contribution in [-0.4, -0.2) is 26.0 Å². The molecular formula is C24H30N6. The summed E-state index contributed by atoms with van der Waals surface area (Å²) >= 11 is 0. The summed E-state index contributed by atoms with van der Waals surface area (Å²) < 4.78 is 2.05. The number of nitrogens with one attached hydrogen (secondary N) is 1. The Morgan fingerprint density at radius 3 is 2.93 bits per heavy atom. The number of rotatable bonds is 3. The Hall–Kier alpha value is -2.76. The van der Waals surface area contributed by atoms with E-state index in [1.807, 2.05) is 19.2 Å². The van der Waals surface area contributed by atoms with E-state index in [-0.39, 0.29) is 0 Å². The summed E-state index contributed by atoms with van der Waals surface area (Å²) in [5, 5.41) is 14.3. The number of aromatic nitrogens is 4. The Bertz CT molecular complexity index is 1160. The summed E-state index contributed by atoms with van der Waals surface area (Å²) in [6, 6.07) is 8.17. The zero-order valence-electron chi connectivity index (χ0n) is 18.3. The number of hydrogen-bond donors (Lipinski definition) is 1. The predicted octanol–water partition coefficient (Wildman–Crippen LogP) is 5.32. The van der Waals surface area contributed by atoms with Gasteiger partial charge in [-0.15, -0.1) is 10.2 Å². The van der Waals surface area contributed by atoms with E-state index in [9.17, 15) is 0 Å². The maximum atomic E-state index is 4.66. The molecule has 3 atom stereocenters. The molecule has 30 heavy (non-hydrogen) atoms. The van der Waals surface area contributed by atoms with Crippen molar-refractivity contribution in [3.63, 3.8) is 0 Å². The molecule has 3 unspecified atom stereocenters. The van der Waals surface area contributed by atoms with Crippen LogP contribution in [-0.2, 0) is 7.05 Å². The lowest BCUT2D eigenvalue weighted by molar-refractivity contribution is 0.149. The predicted molar refractivity (Wildman–Crippen MR) is 122 cm³/mol. The summed E-state index contributed by atoms with van der Waals surface area (Å²) in [6.45, 7) is 7.19. The fourth-order valence-corrected chi connectivity index (χ4v) is 5.42. The van der Waals surface area contributed by atoms with Crippen LogP contribution >= 0.6 is 0 Å². The average Bonchev–Trinajstić information content (AvgIpc) is 3.01. The third-order valence-corrected chi connectivity index (χ3v) is 7.32. The first-order valence-electron chi connectivity index (χ1n) is 11.0. The largest absolute Gasteiger partial charge is 0.327 e. The molecule has 2 aromatic heterocycles. The highest BCUT2D eigenvalue weighted by atomic mass is 15.4. The minimum absolute atomic E-state index is 0.385. The molecule has 1 fully saturated rings. The molecule has 2 aliphatic carbocycles. The Morgan fingerprint density at radius 1 is 1.23 bits per heavy atom. The van der Waals surface area contributed by atoms with Crippen molar-refractivity contribution in [3.05, 3.63) is 35.9 Å². The van der Waals surface area contributed by atoms with Gasteiger partial charge in [0.05, 0.1) is 5.52 Å². The number of fused-ring (bicyclic) bond motifs is 4. The SMILES string of the molecule is CC1CC2=CCCC(C)(C)C2CC1/C=N/Nc1nnc2c3ccccc3n(C)c2n1. The van der Waals surface area contributed by atoms with Crippen LogP contribution < -0.4 is 5.43 Å². The Balaban J connectivity index is 1.35. The van der Waals surface area contributed by atoms with E-state index >= 15 is 0 Å². The van der Waals surface area contributed by atoms with Crippen LogP contribution in [0.2, 0.25) is 0 Å². The maximum absolute atomic E-state index is 4.66. The van der Waals surface area contributed by atoms with Crippen molar-refractivity contribution in [2.75, 3.05) is 5.43 Å². The molecule has 0 amide bonds. The Labute approximate surface area is 177 Å². The minimum Gasteiger partial charge on any atom is -0.327 e. The van der Waals surface area contributed by atoms with Crippen LogP contribution in [0.25, 0.3) is 22.1 Å². The molecule has 0 spiro atoms. The molecule has 2 heterocycles. The first-order valence-corrected chi connectivity index (χ1v) is 11.0. The van der Waals surface area contributed by atoms with Crippen molar-refractivity contribution >= 4 is 34.2 Å². The van der Waals surface area contributed by atoms with Gasteiger partial charge in [0.2, 0.25) is 0 Å². The number of aryl methyl sites for hydroxylation is 1. The molecule has 2 aliphatic rings. The van der Waals surface area contributed by atoms with Gasteiger partial charge in [0.1, 0.15) is 5.52 Å². The van der Waals surface area contributed by atoms with Crippen LogP contribution in [0.15, 0.2) is 41.0 Å². The number of hydrazone groups is 1. The number of para-hydroxylation sites is 1. The summed E-state index contributed by atoms with van der Waals surface area (Å²) in [7, 11) is 2.01. The van der Waals surface area contributed by atoms with Crippen LogP contribution in [0, 0.1) is 23.2 Å². The number of benzene rings is 1. The van der Waals surface area contributed by atoms with Gasteiger partial charge in [0.15, 0.2) is 5.65 Å². The molecule has 0 aliphatic heterocycles. The van der Waals surface area contributed by atoms with E-state index in [0.717, 1.165) is 22.1 Å². The van der Waals surface area contributed by atoms with Crippen molar-refractivity contribution in [1.29, 1.82) is 0 Å². The van der Waals surface area contributed by atoms with Crippen LogP contribution in [0.1, 0.15) is 46.5 Å². The molecular weight excluding hydrogens is 372 g/mol. The fourth-order valence-electron chi connectivity index (χ4n) is 5.42. The van der Waals surface area contributed by atoms with E-state index < -0.39 is 0 Å². The van der Waals surface area contributed by atoms with E-state index in [1.165, 1.54) is 25.7 Å². The van der Waals surface area contributed by atoms with Crippen molar-refractivity contribution in [2.24, 2.45) is 35.3 Å². The highest BCUT2D eigenvalue weighted by molar-refractivity contribution is 6.04. The van der Waals surface area contributed by atoms with Gasteiger partial charge in [-0.25, -0.2) is 5.43 Å². The van der Waals surface area contributed by atoms with Gasteiger partial charge in [0.25, 0.3) is 5.95 Å². The number of hydrogen-bond acceptors (Lipinski definition) is 5. The molecule has 1 N–H and O–H groups in total. The fraction of sp³-hybridized carbons (Fsp3) is 0.500. The molecule has 0 saturated heterocycles. The topological polar surface area (TPSA) is 68.0 Å². The molecule has 0 radical (unpaired) electrons. The molecule has 156 valence electrons. The van der Waals surface area contributed by atoms with E-state index in [0.29, 0.717) is 29.1 Å². The smallest absolute Gasteiger partial charge is 0.265 e. The van der Waals surface area contributed by atoms with E-state index in [2.05, 4.69) is 75.5 Å². The Morgan fingerprint density at radius 2 is 2.07 bits per heavy atom. The highest BCUT2D eigenvalue weighted by Gasteiger charge is 2.40. The summed E-state index contributed by atoms with van der Waals surface area (Å²) in [5.74, 6) is 2.17. The molecule has 6 nitrogen and oxygen atoms in total. The van der Waals surface area contributed by atoms with Crippen molar-refractivity contribution < 1.29 is 0 Å². The van der Waals surface area contributed by atoms with Gasteiger partial charge in [-0.1, -0.05) is 50.6 Å². The standard InChI is InChI=1S/C24H30N6/c1-15-12-16-8-7-11-24(2,3)19(16)13-17(15)14-25-28-23-26-22-21(27-29-23)18-9-5-6-10-20(18)30(22)4/h5-6,8-10,14-15,17,19H,7,11-13H2,1-4H3,(H,26,28,29)/b25-14+. The first kappa shape index (κ1) is 19.2. The van der Waals surface area contributed by atoms with E-state index in [4.69, 9.17) is 0 Å². The lowest BCUT2D eigenvalue weighted by Crippen LogP contribution is -2.36. The molecule has 1 saturated carbocycles. The first-order chi connectivity index (χ1) is 14.4. The number of allylic oxidation sites excluding steroid dienone is 2. The summed E-state index contributed by atoms with van der Waals surface area (Å²) in [5.41, 5.74) is 7.82. The lowest BCUT2D eigenvalue weighted by atomic mass is 9.59. The van der Waals surface area contributed by atoms with Crippen molar-refractivity contribution in [1.82, 2.24) is 19.7 Å². The number of anilines is 1. The second-order valence-corrected chi connectivity index (χ2v) is 9.71. The second-order valence-electron chi connectivity index (χ2n) is 9.71. The van der Waals surface area contributed by atoms with Gasteiger partial charge in [-0.2, -0.15) is 10.1 Å². The Kier molecular flexibility index (Phi) is 4.60. The minimum atomic E-state index is 0.385. The van der Waals surface area contributed by atoms with Crippen molar-refractivity contribution in [2.45, 2.75) is 46.5 Å². The third-order valence-electron chi connectivity index (χ3n) is 7.32. The lowest BCUT2D eigenvalue weighted by Gasteiger charge is -2.46. The monoisotopic (exact) mass is 402 g/mol. The highest BCUT2D eigenvalue weighted by Crippen LogP contribution is 2.50. The summed E-state index contributed by atoms with van der Waals surface area (Å²) in [4.78, 5) is 4.66. The zero-order valence-corrected chi connectivity index (χ0v) is 18.3. The van der Waals surface area contributed by atoms with Gasteiger partial charge in [0, 0.05) is 18.6 Å².